The van der Waals surface area contributed by atoms with Crippen LogP contribution in [0.4, 0.5) is 0 Å². The van der Waals surface area contributed by atoms with Crippen LogP contribution in [0.25, 0.3) is 0 Å². The second kappa shape index (κ2) is 5.65. The summed E-state index contributed by atoms with van der Waals surface area (Å²) in [5, 5.41) is 0. The van der Waals surface area contributed by atoms with Gasteiger partial charge in [-0.3, -0.25) is 0 Å². The molecule has 0 heterocycles. The quantitative estimate of drug-likeness (QED) is 0.644. The Hall–Kier alpha value is -1.60. The molecule has 0 saturated carbocycles. The minimum absolute atomic E-state index is 0.0163. The smallest absolute Gasteiger partial charge is 0.345 e. The number of hydrogen-bond donors (Lipinski definition) is 1. The topological polar surface area (TPSA) is 82.1 Å². The SMILES string of the molecule is COC(=O)c1c(OC)ccc(S(=O)O)c1OC. The minimum Gasteiger partial charge on any atom is -0.496 e. The van der Waals surface area contributed by atoms with Crippen molar-refractivity contribution in [2.45, 2.75) is 4.90 Å². The summed E-state index contributed by atoms with van der Waals surface area (Å²) in [5.41, 5.74) is -0.0163. The summed E-state index contributed by atoms with van der Waals surface area (Å²) in [6.07, 6.45) is 0. The Morgan fingerprint density at radius 2 is 1.88 bits per heavy atom. The van der Waals surface area contributed by atoms with Crippen LogP contribution < -0.4 is 9.47 Å². The molecule has 1 aromatic rings. The van der Waals surface area contributed by atoms with Crippen molar-refractivity contribution in [3.63, 3.8) is 0 Å². The van der Waals surface area contributed by atoms with Gasteiger partial charge in [0.2, 0.25) is 0 Å². The molecule has 1 N–H and O–H groups in total. The Morgan fingerprint density at radius 1 is 1.24 bits per heavy atom. The highest BCUT2D eigenvalue weighted by Gasteiger charge is 2.24. The van der Waals surface area contributed by atoms with Crippen LogP contribution in [0.5, 0.6) is 11.5 Å². The van der Waals surface area contributed by atoms with E-state index in [9.17, 15) is 9.00 Å². The predicted molar refractivity (Wildman–Crippen MR) is 59.9 cm³/mol. The predicted octanol–water partition coefficient (Wildman–Crippen LogP) is 1.07. The van der Waals surface area contributed by atoms with Crippen LogP contribution in [-0.2, 0) is 15.8 Å². The maximum absolute atomic E-state index is 11.6. The van der Waals surface area contributed by atoms with Crippen molar-refractivity contribution >= 4 is 17.0 Å². The molecule has 0 aromatic heterocycles. The Labute approximate surface area is 101 Å². The number of benzene rings is 1. The summed E-state index contributed by atoms with van der Waals surface area (Å²) in [7, 11) is 3.86. The van der Waals surface area contributed by atoms with Gasteiger partial charge in [0.05, 0.1) is 21.3 Å². The van der Waals surface area contributed by atoms with Gasteiger partial charge in [-0.15, -0.1) is 0 Å². The standard InChI is InChI=1S/C10H12O6S/c1-14-6-4-5-7(17(12)13)9(15-2)8(6)10(11)16-3/h4-5H,1-3H3,(H,12,13). The number of hydrogen-bond acceptors (Lipinski definition) is 5. The number of carbonyl (C=O) groups is 1. The number of methoxy groups -OCH3 is 3. The van der Waals surface area contributed by atoms with E-state index in [1.165, 1.54) is 33.5 Å². The Bertz CT molecular complexity index is 456. The molecule has 1 atom stereocenters. The summed E-state index contributed by atoms with van der Waals surface area (Å²) < 4.78 is 34.7. The van der Waals surface area contributed by atoms with Gasteiger partial charge in [0.1, 0.15) is 16.2 Å². The maximum Gasteiger partial charge on any atom is 0.345 e. The zero-order valence-corrected chi connectivity index (χ0v) is 10.4. The van der Waals surface area contributed by atoms with E-state index in [4.69, 9.17) is 14.0 Å². The average molecular weight is 260 g/mol. The molecule has 0 fully saturated rings. The van der Waals surface area contributed by atoms with Gasteiger partial charge < -0.3 is 18.8 Å². The average Bonchev–Trinajstić information content (AvgIpc) is 2.35. The van der Waals surface area contributed by atoms with Crippen molar-refractivity contribution in [3.05, 3.63) is 17.7 Å². The van der Waals surface area contributed by atoms with Crippen molar-refractivity contribution in [2.75, 3.05) is 21.3 Å². The van der Waals surface area contributed by atoms with E-state index in [1.54, 1.807) is 0 Å². The number of carbonyl (C=O) groups excluding carboxylic acids is 1. The molecule has 1 rings (SSSR count). The molecule has 0 radical (unpaired) electrons. The number of ether oxygens (including phenoxy) is 3. The van der Waals surface area contributed by atoms with Crippen LogP contribution in [0.3, 0.4) is 0 Å². The van der Waals surface area contributed by atoms with Crippen LogP contribution in [0.2, 0.25) is 0 Å². The molecule has 0 aliphatic carbocycles. The summed E-state index contributed by atoms with van der Waals surface area (Å²) in [5.74, 6) is -0.522. The van der Waals surface area contributed by atoms with E-state index in [1.807, 2.05) is 0 Å². The van der Waals surface area contributed by atoms with Gasteiger partial charge >= 0.3 is 5.97 Å². The van der Waals surface area contributed by atoms with Gasteiger partial charge in [-0.1, -0.05) is 0 Å². The van der Waals surface area contributed by atoms with Gasteiger partial charge in [0.15, 0.2) is 16.8 Å². The molecule has 1 aromatic carbocycles. The highest BCUT2D eigenvalue weighted by molar-refractivity contribution is 7.79. The summed E-state index contributed by atoms with van der Waals surface area (Å²) >= 11 is -2.27. The van der Waals surface area contributed by atoms with Crippen LogP contribution in [0, 0.1) is 0 Å². The minimum atomic E-state index is -2.27. The fraction of sp³-hybridized carbons (Fsp3) is 0.300. The molecule has 94 valence electrons. The van der Waals surface area contributed by atoms with Gasteiger partial charge in [-0.25, -0.2) is 9.00 Å². The Balaban J connectivity index is 3.54. The second-order valence-corrected chi connectivity index (χ2v) is 3.85. The van der Waals surface area contributed by atoms with E-state index in [2.05, 4.69) is 4.74 Å². The molecule has 1 unspecified atom stereocenters. The molecule has 0 spiro atoms. The summed E-state index contributed by atoms with van der Waals surface area (Å²) in [6, 6.07) is 2.75. The van der Waals surface area contributed by atoms with Gasteiger partial charge in [-0.2, -0.15) is 0 Å². The van der Waals surface area contributed by atoms with Crippen molar-refractivity contribution in [2.24, 2.45) is 0 Å². The van der Waals surface area contributed by atoms with E-state index in [0.29, 0.717) is 0 Å². The van der Waals surface area contributed by atoms with E-state index in [-0.39, 0.29) is 22.0 Å². The van der Waals surface area contributed by atoms with E-state index in [0.717, 1.165) is 0 Å². The monoisotopic (exact) mass is 260 g/mol. The summed E-state index contributed by atoms with van der Waals surface area (Å²) in [6.45, 7) is 0. The molecule has 17 heavy (non-hydrogen) atoms. The molecule has 0 aliphatic heterocycles. The molecule has 0 bridgehead atoms. The fourth-order valence-electron chi connectivity index (χ4n) is 1.35. The van der Waals surface area contributed by atoms with Crippen molar-refractivity contribution in [1.82, 2.24) is 0 Å². The van der Waals surface area contributed by atoms with Crippen molar-refractivity contribution in [3.8, 4) is 11.5 Å². The van der Waals surface area contributed by atoms with Gasteiger partial charge in [-0.05, 0) is 12.1 Å². The Morgan fingerprint density at radius 3 is 2.29 bits per heavy atom. The van der Waals surface area contributed by atoms with Crippen LogP contribution in [-0.4, -0.2) is 36.1 Å². The third-order valence-electron chi connectivity index (χ3n) is 2.09. The first-order valence-electron chi connectivity index (χ1n) is 4.51. The highest BCUT2D eigenvalue weighted by Crippen LogP contribution is 2.34. The van der Waals surface area contributed by atoms with E-state index < -0.39 is 17.0 Å². The molecule has 0 amide bonds. The lowest BCUT2D eigenvalue weighted by Gasteiger charge is -2.13. The zero-order valence-electron chi connectivity index (χ0n) is 9.55. The fourth-order valence-corrected chi connectivity index (χ4v) is 1.88. The van der Waals surface area contributed by atoms with E-state index >= 15 is 0 Å². The van der Waals surface area contributed by atoms with Crippen LogP contribution in [0.1, 0.15) is 10.4 Å². The molecular formula is C10H12O6S. The molecule has 0 aliphatic rings. The normalized spacial score (nSPS) is 11.8. The lowest BCUT2D eigenvalue weighted by atomic mass is 10.1. The second-order valence-electron chi connectivity index (χ2n) is 2.91. The van der Waals surface area contributed by atoms with Gasteiger partial charge in [0.25, 0.3) is 0 Å². The third-order valence-corrected chi connectivity index (χ3v) is 2.78. The highest BCUT2D eigenvalue weighted by atomic mass is 32.2. The Kier molecular flexibility index (Phi) is 4.47. The molecular weight excluding hydrogens is 248 g/mol. The maximum atomic E-state index is 11.6. The van der Waals surface area contributed by atoms with Crippen LogP contribution >= 0.6 is 0 Å². The molecule has 7 heteroatoms. The first-order chi connectivity index (χ1) is 8.06. The first-order valence-corrected chi connectivity index (χ1v) is 5.61. The van der Waals surface area contributed by atoms with Crippen molar-refractivity contribution < 1.29 is 27.8 Å². The van der Waals surface area contributed by atoms with Gasteiger partial charge in [0, 0.05) is 0 Å². The third kappa shape index (κ3) is 2.56. The zero-order chi connectivity index (χ0) is 13.0. The lowest BCUT2D eigenvalue weighted by molar-refractivity contribution is 0.0592. The number of esters is 1. The van der Waals surface area contributed by atoms with Crippen LogP contribution in [0.15, 0.2) is 17.0 Å². The lowest BCUT2D eigenvalue weighted by Crippen LogP contribution is -2.09. The largest absolute Gasteiger partial charge is 0.496 e. The molecule has 6 nitrogen and oxygen atoms in total. The molecule has 0 saturated heterocycles. The summed E-state index contributed by atoms with van der Waals surface area (Å²) in [4.78, 5) is 11.6. The van der Waals surface area contributed by atoms with Crippen molar-refractivity contribution in [1.29, 1.82) is 0 Å². The first kappa shape index (κ1) is 13.5. The number of rotatable bonds is 4.